The molecule has 8 heavy (non-hydrogen) atoms. The Balaban J connectivity index is 0. The molecule has 0 aliphatic carbocycles. The molecule has 0 aliphatic rings. The molecule has 0 aromatic heterocycles. The van der Waals surface area contributed by atoms with Gasteiger partial charge in [-0.25, -0.2) is 0 Å². The molecule has 0 heterocycles. The van der Waals surface area contributed by atoms with Crippen molar-refractivity contribution in [2.45, 2.75) is 0 Å². The summed E-state index contributed by atoms with van der Waals surface area (Å²) in [5, 5.41) is 6.75. The predicted molar refractivity (Wildman–Crippen MR) is 14.0 cm³/mol. The number of rotatable bonds is 0. The van der Waals surface area contributed by atoms with Crippen molar-refractivity contribution in [3.8, 4) is 0 Å². The fourth-order valence-corrected chi connectivity index (χ4v) is 0. The highest BCUT2D eigenvalue weighted by Gasteiger charge is 2.58. The Labute approximate surface area is 41.6 Å². The van der Waals surface area contributed by atoms with Gasteiger partial charge in [-0.05, 0) is 0 Å². The zero-order valence-electron chi connectivity index (χ0n) is 3.08. The molecule has 0 aliphatic heterocycles. The number of halogens is 6. The lowest BCUT2D eigenvalue weighted by molar-refractivity contribution is -0.589. The van der Waals surface area contributed by atoms with Crippen LogP contribution in [0.5, 0.6) is 0 Å². The molecular formula is F6OS. The average Bonchev–Trinajstić information content (AvgIpc) is 1.33. The lowest BCUT2D eigenvalue weighted by atomic mass is 15.7. The van der Waals surface area contributed by atoms with Crippen molar-refractivity contribution in [3.63, 3.8) is 0 Å². The number of hydrogen-bond donors (Lipinski definition) is 0. The van der Waals surface area contributed by atoms with Crippen LogP contribution in [0.15, 0.2) is 0 Å². The third-order valence-electron chi connectivity index (χ3n) is 0. The molecule has 0 saturated heterocycles. The summed E-state index contributed by atoms with van der Waals surface area (Å²) in [6.07, 6.45) is 0. The Kier molecular flexibility index (Phi) is 3.30. The lowest BCUT2D eigenvalue weighted by Crippen LogP contribution is -2.04. The first kappa shape index (κ1) is 10.8. The Morgan fingerprint density at radius 2 is 0.750 bits per heavy atom. The fraction of sp³-hybridized carbons (Fsp3) is 0. The van der Waals surface area contributed by atoms with E-state index in [1.165, 1.54) is 0 Å². The summed E-state index contributed by atoms with van der Waals surface area (Å²) in [7, 11) is 0. The van der Waals surface area contributed by atoms with Gasteiger partial charge in [0, 0.05) is 0 Å². The van der Waals surface area contributed by atoms with Crippen LogP contribution in [0.1, 0.15) is 0 Å². The quantitative estimate of drug-likeness (QED) is 0.389. The average molecular weight is 162 g/mol. The normalized spacial score (nSPS) is 15.1. The van der Waals surface area contributed by atoms with E-state index < -0.39 is 11.1 Å². The first-order valence-electron chi connectivity index (χ1n) is 0.926. The van der Waals surface area contributed by atoms with Crippen LogP contribution in [-0.2, 0) is 11.1 Å². The minimum Gasteiger partial charge on any atom is -0.682 e. The lowest BCUT2D eigenvalue weighted by Gasteiger charge is -1.92. The van der Waals surface area contributed by atoms with Crippen molar-refractivity contribution >= 4 is 11.1 Å². The maximum atomic E-state index is 9.82. The van der Waals surface area contributed by atoms with Crippen LogP contribution in [0.4, 0.5) is 24.0 Å². The molecule has 0 radical (unpaired) electrons. The molecule has 0 bridgehead atoms. The van der Waals surface area contributed by atoms with E-state index in [1.807, 2.05) is 0 Å². The van der Waals surface area contributed by atoms with Gasteiger partial charge in [-0.2, -0.15) is 0 Å². The Morgan fingerprint density at radius 1 is 0.750 bits per heavy atom. The molecule has 0 spiro atoms. The summed E-state index contributed by atoms with van der Waals surface area (Å²) in [5.41, 5.74) is 0. The summed E-state index contributed by atoms with van der Waals surface area (Å²) >= 11 is -8.35. The van der Waals surface area contributed by atoms with E-state index in [0.29, 0.717) is 0 Å². The highest BCUT2D eigenvalue weighted by atomic mass is 32.4. The van der Waals surface area contributed by atoms with E-state index >= 15 is 0 Å². The highest BCUT2D eigenvalue weighted by Crippen LogP contribution is 2.46. The second kappa shape index (κ2) is 2.44. The summed E-state index contributed by atoms with van der Waals surface area (Å²) in [4.78, 5) is 0. The van der Waals surface area contributed by atoms with Gasteiger partial charge in [0.05, 0.1) is 19.4 Å². The molecule has 0 atom stereocenters. The van der Waals surface area contributed by atoms with Crippen LogP contribution < -0.4 is 5.31 Å². The van der Waals surface area contributed by atoms with Crippen LogP contribution >= 0.6 is 0 Å². The largest absolute Gasteiger partial charge is 0.682 e. The molecule has 0 fully saturated rings. The van der Waals surface area contributed by atoms with Crippen molar-refractivity contribution < 1.29 is 29.3 Å². The van der Waals surface area contributed by atoms with Gasteiger partial charge < -0.3 is 9.84 Å². The predicted octanol–water partition coefficient (Wildman–Crippen LogP) is 1.33. The molecule has 8 heteroatoms. The molecule has 0 N–H and O–H groups in total. The second-order valence-electron chi connectivity index (χ2n) is 0.583. The SMILES string of the molecule is F[S+](F)(F)(F)F.[O-]F. The van der Waals surface area contributed by atoms with Crippen LogP contribution in [0.3, 0.4) is 0 Å². The first-order valence-corrected chi connectivity index (χ1v) is 2.47. The van der Waals surface area contributed by atoms with E-state index in [-0.39, 0.29) is 0 Å². The summed E-state index contributed by atoms with van der Waals surface area (Å²) in [6.45, 7) is 0. The van der Waals surface area contributed by atoms with Gasteiger partial charge >= 0.3 is 11.1 Å². The van der Waals surface area contributed by atoms with E-state index in [4.69, 9.17) is 9.84 Å². The van der Waals surface area contributed by atoms with Crippen molar-refractivity contribution in [1.29, 1.82) is 0 Å². The molecule has 0 unspecified atom stereocenters. The van der Waals surface area contributed by atoms with Gasteiger partial charge in [0.1, 0.15) is 0 Å². The Bertz CT molecular complexity index is 41.7. The minimum absolute atomic E-state index is 6.75. The van der Waals surface area contributed by atoms with Gasteiger partial charge in [-0.1, -0.05) is 0 Å². The maximum Gasteiger partial charge on any atom is 0.571 e. The molecular weight excluding hydrogens is 162 g/mol. The number of hydrogen-bond acceptors (Lipinski definition) is 1. The Morgan fingerprint density at radius 3 is 0.750 bits per heavy atom. The maximum absolute atomic E-state index is 9.82. The van der Waals surface area contributed by atoms with Gasteiger partial charge in [0.25, 0.3) is 0 Å². The summed E-state index contributed by atoms with van der Waals surface area (Å²) < 4.78 is 57.3. The molecule has 54 valence electrons. The van der Waals surface area contributed by atoms with Gasteiger partial charge in [-0.3, -0.25) is 0 Å². The van der Waals surface area contributed by atoms with Crippen molar-refractivity contribution in [2.24, 2.45) is 0 Å². The third-order valence-corrected chi connectivity index (χ3v) is 0. The summed E-state index contributed by atoms with van der Waals surface area (Å²) in [5.74, 6) is 0. The fourth-order valence-electron chi connectivity index (χ4n) is 0. The standard InChI is InChI=1S/F5S.FO/c1-6(2,3,4)5;1-2/q+1;-1. The molecule has 0 saturated carbocycles. The van der Waals surface area contributed by atoms with Crippen LogP contribution in [-0.4, -0.2) is 0 Å². The summed E-state index contributed by atoms with van der Waals surface area (Å²) in [6, 6.07) is 0. The minimum atomic E-state index is -8.35. The Hall–Kier alpha value is -0.110. The van der Waals surface area contributed by atoms with E-state index in [1.54, 1.807) is 0 Å². The second-order valence-corrected chi connectivity index (χ2v) is 1.75. The molecule has 1 nitrogen and oxygen atoms in total. The monoisotopic (exact) mass is 162 g/mol. The van der Waals surface area contributed by atoms with E-state index in [0.717, 1.165) is 0 Å². The van der Waals surface area contributed by atoms with E-state index in [9.17, 15) is 19.4 Å². The van der Waals surface area contributed by atoms with Crippen molar-refractivity contribution in [3.05, 3.63) is 0 Å². The van der Waals surface area contributed by atoms with Crippen molar-refractivity contribution in [2.75, 3.05) is 0 Å². The van der Waals surface area contributed by atoms with Crippen molar-refractivity contribution in [1.82, 2.24) is 0 Å². The van der Waals surface area contributed by atoms with E-state index in [2.05, 4.69) is 0 Å². The molecule has 0 rings (SSSR count). The topological polar surface area (TPSA) is 23.1 Å². The molecule has 0 aromatic carbocycles. The highest BCUT2D eigenvalue weighted by molar-refractivity contribution is 8.08. The van der Waals surface area contributed by atoms with Gasteiger partial charge in [0.15, 0.2) is 0 Å². The van der Waals surface area contributed by atoms with Gasteiger partial charge in [0.2, 0.25) is 0 Å². The van der Waals surface area contributed by atoms with Crippen LogP contribution in [0, 0.1) is 0 Å². The van der Waals surface area contributed by atoms with Crippen LogP contribution in [0.2, 0.25) is 0 Å². The van der Waals surface area contributed by atoms with Gasteiger partial charge in [-0.15, -0.1) is 0 Å². The third kappa shape index (κ3) is 11600. The first-order chi connectivity index (χ1) is 3.24. The molecule has 0 aromatic rings. The smallest absolute Gasteiger partial charge is 0.571 e. The zero-order valence-corrected chi connectivity index (χ0v) is 3.90. The van der Waals surface area contributed by atoms with Crippen LogP contribution in [0.25, 0.3) is 0 Å². The zero-order chi connectivity index (χ0) is 7.45. The molecule has 0 amide bonds.